The Balaban J connectivity index is 1.81. The molecule has 0 atom stereocenters. The van der Waals surface area contributed by atoms with Gasteiger partial charge in [0.05, 0.1) is 12.0 Å². The highest BCUT2D eigenvalue weighted by atomic mass is 16.6. The first-order valence-corrected chi connectivity index (χ1v) is 9.07. The molecule has 0 unspecified atom stereocenters. The topological polar surface area (TPSA) is 92.9 Å². The summed E-state index contributed by atoms with van der Waals surface area (Å²) in [6.45, 7) is 1.54. The number of hydrogen-bond acceptors (Lipinski definition) is 5. The molecule has 1 heterocycles. The number of hydrogen-bond donors (Lipinski definition) is 1. The molecule has 0 radical (unpaired) electrons. The Morgan fingerprint density at radius 1 is 1.25 bits per heavy atom. The van der Waals surface area contributed by atoms with Crippen LogP contribution in [0.2, 0.25) is 0 Å². The first kappa shape index (κ1) is 19.4. The molecular weight excluding hydrogens is 360 g/mol. The van der Waals surface area contributed by atoms with E-state index in [1.165, 1.54) is 23.8 Å². The van der Waals surface area contributed by atoms with Crippen molar-refractivity contribution in [2.24, 2.45) is 0 Å². The number of nitro benzene ring substituents is 1. The predicted molar refractivity (Wildman–Crippen MR) is 107 cm³/mol. The Morgan fingerprint density at radius 3 is 2.61 bits per heavy atom. The summed E-state index contributed by atoms with van der Waals surface area (Å²) in [5.41, 5.74) is 2.48. The van der Waals surface area contributed by atoms with Crippen molar-refractivity contribution in [2.75, 3.05) is 25.1 Å². The number of carboxylic acid groups (broad SMARTS) is 1. The standard InChI is InChI=1S/C21H22N2O5/c1-28-20-5-3-2-4-18(20)15-10-12-22(13-11-15)19-8-7-17(23(26)27)14-16(19)6-9-21(24)25/h2-9,14-15H,10-13H2,1H3,(H,24,25)/b9-6-. The van der Waals surface area contributed by atoms with Gasteiger partial charge in [-0.05, 0) is 42.5 Å². The first-order chi connectivity index (χ1) is 13.5. The maximum atomic E-state index is 11.1. The first-order valence-electron chi connectivity index (χ1n) is 9.07. The van der Waals surface area contributed by atoms with E-state index in [9.17, 15) is 14.9 Å². The van der Waals surface area contributed by atoms with Gasteiger partial charge < -0.3 is 14.7 Å². The second-order valence-electron chi connectivity index (χ2n) is 6.68. The Hall–Kier alpha value is -3.35. The van der Waals surface area contributed by atoms with E-state index in [4.69, 9.17) is 9.84 Å². The highest BCUT2D eigenvalue weighted by Gasteiger charge is 2.24. The molecule has 0 bridgehead atoms. The molecule has 2 aromatic rings. The molecular formula is C21H22N2O5. The number of anilines is 1. The van der Waals surface area contributed by atoms with E-state index in [0.717, 1.165) is 43.4 Å². The normalized spacial score (nSPS) is 15.0. The summed E-state index contributed by atoms with van der Waals surface area (Å²) in [6, 6.07) is 12.6. The van der Waals surface area contributed by atoms with Crippen molar-refractivity contribution in [2.45, 2.75) is 18.8 Å². The van der Waals surface area contributed by atoms with Crippen molar-refractivity contribution < 1.29 is 19.6 Å². The van der Waals surface area contributed by atoms with E-state index in [1.807, 2.05) is 18.2 Å². The van der Waals surface area contributed by atoms with Crippen LogP contribution in [0.15, 0.2) is 48.5 Å². The van der Waals surface area contributed by atoms with E-state index in [-0.39, 0.29) is 5.69 Å². The monoisotopic (exact) mass is 382 g/mol. The van der Waals surface area contributed by atoms with E-state index in [1.54, 1.807) is 13.2 Å². The van der Waals surface area contributed by atoms with Gasteiger partial charge >= 0.3 is 5.97 Å². The Kier molecular flexibility index (Phi) is 5.93. The highest BCUT2D eigenvalue weighted by molar-refractivity contribution is 5.87. The maximum absolute atomic E-state index is 11.1. The Labute approximate surface area is 163 Å². The van der Waals surface area contributed by atoms with Crippen LogP contribution in [-0.2, 0) is 4.79 Å². The Morgan fingerprint density at radius 2 is 1.96 bits per heavy atom. The van der Waals surface area contributed by atoms with Crippen LogP contribution in [0, 0.1) is 10.1 Å². The number of methoxy groups -OCH3 is 1. The minimum atomic E-state index is -1.09. The lowest BCUT2D eigenvalue weighted by atomic mass is 9.88. The lowest BCUT2D eigenvalue weighted by molar-refractivity contribution is -0.384. The number of para-hydroxylation sites is 1. The molecule has 28 heavy (non-hydrogen) atoms. The summed E-state index contributed by atoms with van der Waals surface area (Å²) < 4.78 is 5.48. The number of benzene rings is 2. The average Bonchev–Trinajstić information content (AvgIpc) is 2.72. The van der Waals surface area contributed by atoms with Crippen LogP contribution in [-0.4, -0.2) is 36.2 Å². The predicted octanol–water partition coefficient (Wildman–Crippen LogP) is 4.09. The lowest BCUT2D eigenvalue weighted by Crippen LogP contribution is -2.33. The van der Waals surface area contributed by atoms with Gasteiger partial charge in [0.15, 0.2) is 0 Å². The fourth-order valence-corrected chi connectivity index (χ4v) is 3.67. The fourth-order valence-electron chi connectivity index (χ4n) is 3.67. The van der Waals surface area contributed by atoms with E-state index in [0.29, 0.717) is 11.5 Å². The molecule has 7 heteroatoms. The summed E-state index contributed by atoms with van der Waals surface area (Å²) in [5, 5.41) is 20.0. The van der Waals surface area contributed by atoms with Crippen molar-refractivity contribution in [3.63, 3.8) is 0 Å². The van der Waals surface area contributed by atoms with Gasteiger partial charge in [-0.3, -0.25) is 10.1 Å². The van der Waals surface area contributed by atoms with Gasteiger partial charge in [-0.15, -0.1) is 0 Å². The number of rotatable bonds is 6. The zero-order valence-corrected chi connectivity index (χ0v) is 15.6. The van der Waals surface area contributed by atoms with Gasteiger partial charge in [-0.2, -0.15) is 0 Å². The SMILES string of the molecule is COc1ccccc1C1CCN(c2ccc([N+](=O)[O-])cc2/C=C\C(=O)O)CC1. The molecule has 1 aliphatic rings. The van der Waals surface area contributed by atoms with Gasteiger partial charge in [0, 0.05) is 42.5 Å². The molecule has 146 valence electrons. The zero-order valence-electron chi connectivity index (χ0n) is 15.6. The molecule has 3 rings (SSSR count). The van der Waals surface area contributed by atoms with Gasteiger partial charge in [0.1, 0.15) is 5.75 Å². The van der Waals surface area contributed by atoms with Crippen LogP contribution in [0.25, 0.3) is 6.08 Å². The molecule has 0 aromatic heterocycles. The van der Waals surface area contributed by atoms with Crippen molar-refractivity contribution in [1.82, 2.24) is 0 Å². The molecule has 1 N–H and O–H groups in total. The quantitative estimate of drug-likeness (QED) is 0.460. The molecule has 0 saturated carbocycles. The van der Waals surface area contributed by atoms with E-state index >= 15 is 0 Å². The molecule has 1 aliphatic heterocycles. The molecule has 7 nitrogen and oxygen atoms in total. The van der Waals surface area contributed by atoms with Crippen LogP contribution < -0.4 is 9.64 Å². The van der Waals surface area contributed by atoms with Gasteiger partial charge in [-0.1, -0.05) is 18.2 Å². The Bertz CT molecular complexity index is 901. The number of ether oxygens (including phenoxy) is 1. The zero-order chi connectivity index (χ0) is 20.1. The molecule has 1 saturated heterocycles. The second-order valence-corrected chi connectivity index (χ2v) is 6.68. The van der Waals surface area contributed by atoms with Gasteiger partial charge in [-0.25, -0.2) is 4.79 Å². The highest BCUT2D eigenvalue weighted by Crippen LogP contribution is 2.36. The minimum Gasteiger partial charge on any atom is -0.496 e. The number of nitrogens with zero attached hydrogens (tertiary/aromatic N) is 2. The fraction of sp³-hybridized carbons (Fsp3) is 0.286. The summed E-state index contributed by atoms with van der Waals surface area (Å²) in [4.78, 5) is 23.6. The largest absolute Gasteiger partial charge is 0.496 e. The number of piperidine rings is 1. The number of carboxylic acids is 1. The van der Waals surface area contributed by atoms with Crippen molar-refractivity contribution >= 4 is 23.4 Å². The van der Waals surface area contributed by atoms with Crippen LogP contribution >= 0.6 is 0 Å². The van der Waals surface area contributed by atoms with Crippen LogP contribution in [0.5, 0.6) is 5.75 Å². The third-order valence-corrected chi connectivity index (χ3v) is 5.04. The summed E-state index contributed by atoms with van der Waals surface area (Å²) in [5.74, 6) is 0.178. The third-order valence-electron chi connectivity index (χ3n) is 5.04. The van der Waals surface area contributed by atoms with E-state index < -0.39 is 10.9 Å². The number of non-ortho nitro benzene ring substituents is 1. The number of nitro groups is 1. The average molecular weight is 382 g/mol. The molecule has 1 fully saturated rings. The number of aliphatic carboxylic acids is 1. The second kappa shape index (κ2) is 8.56. The van der Waals surface area contributed by atoms with Crippen LogP contribution in [0.1, 0.15) is 29.9 Å². The molecule has 0 spiro atoms. The van der Waals surface area contributed by atoms with Gasteiger partial charge in [0.25, 0.3) is 5.69 Å². The maximum Gasteiger partial charge on any atom is 0.328 e. The van der Waals surface area contributed by atoms with Crippen molar-refractivity contribution in [1.29, 1.82) is 0 Å². The minimum absolute atomic E-state index is 0.0577. The summed E-state index contributed by atoms with van der Waals surface area (Å²) in [6.07, 6.45) is 4.25. The van der Waals surface area contributed by atoms with Crippen molar-refractivity contribution in [3.8, 4) is 5.75 Å². The molecule has 0 aliphatic carbocycles. The van der Waals surface area contributed by atoms with Gasteiger partial charge in [0.2, 0.25) is 0 Å². The lowest BCUT2D eigenvalue weighted by Gasteiger charge is -2.35. The summed E-state index contributed by atoms with van der Waals surface area (Å²) in [7, 11) is 1.67. The smallest absolute Gasteiger partial charge is 0.328 e. The number of carbonyl (C=O) groups is 1. The van der Waals surface area contributed by atoms with Crippen molar-refractivity contribution in [3.05, 3.63) is 69.8 Å². The van der Waals surface area contributed by atoms with Crippen LogP contribution in [0.4, 0.5) is 11.4 Å². The summed E-state index contributed by atoms with van der Waals surface area (Å²) >= 11 is 0. The molecule has 0 amide bonds. The third kappa shape index (κ3) is 4.31. The van der Waals surface area contributed by atoms with Crippen LogP contribution in [0.3, 0.4) is 0 Å². The molecule has 2 aromatic carbocycles. The van der Waals surface area contributed by atoms with E-state index in [2.05, 4.69) is 11.0 Å².